The van der Waals surface area contributed by atoms with E-state index in [1.165, 1.54) is 36.4 Å². The highest BCUT2D eigenvalue weighted by molar-refractivity contribution is 5.83. The van der Waals surface area contributed by atoms with E-state index in [1.807, 2.05) is 0 Å². The number of carbonyl (C=O) groups excluding carboxylic acids is 1. The standard InChI is InChI=1S/C21H18F4N4O/c1-20(2)19-27-17(12-6-8-14(22)9-7-12)18(29(19)11-16(30)28-20)26-15-5-3-4-13(10-15)21(23,24)25/h3-10,26H,11H2,1-2H3,(H,28,30). The van der Waals surface area contributed by atoms with Crippen molar-refractivity contribution in [2.24, 2.45) is 0 Å². The first-order valence-corrected chi connectivity index (χ1v) is 9.17. The second kappa shape index (κ2) is 6.86. The predicted molar refractivity (Wildman–Crippen MR) is 104 cm³/mol. The van der Waals surface area contributed by atoms with Gasteiger partial charge in [-0.1, -0.05) is 6.07 Å². The van der Waals surface area contributed by atoms with Crippen molar-refractivity contribution in [3.8, 4) is 11.3 Å². The summed E-state index contributed by atoms with van der Waals surface area (Å²) in [6.45, 7) is 3.52. The van der Waals surface area contributed by atoms with Crippen LogP contribution in [0.25, 0.3) is 11.3 Å². The van der Waals surface area contributed by atoms with Crippen LogP contribution in [-0.2, 0) is 23.1 Å². The number of aromatic nitrogens is 2. The molecule has 1 aliphatic rings. The van der Waals surface area contributed by atoms with E-state index in [0.717, 1.165) is 12.1 Å². The highest BCUT2D eigenvalue weighted by Crippen LogP contribution is 2.37. The number of amides is 1. The first-order valence-electron chi connectivity index (χ1n) is 9.17. The van der Waals surface area contributed by atoms with Crippen LogP contribution in [0.3, 0.4) is 0 Å². The molecular weight excluding hydrogens is 400 g/mol. The fourth-order valence-corrected chi connectivity index (χ4v) is 3.52. The lowest BCUT2D eigenvalue weighted by Gasteiger charge is -2.31. The molecule has 0 aliphatic carbocycles. The molecule has 0 saturated carbocycles. The summed E-state index contributed by atoms with van der Waals surface area (Å²) in [7, 11) is 0. The van der Waals surface area contributed by atoms with E-state index in [1.54, 1.807) is 18.4 Å². The topological polar surface area (TPSA) is 59.0 Å². The fraction of sp³-hybridized carbons (Fsp3) is 0.238. The molecule has 0 saturated heterocycles. The molecule has 30 heavy (non-hydrogen) atoms. The number of hydrogen-bond acceptors (Lipinski definition) is 3. The van der Waals surface area contributed by atoms with Crippen LogP contribution >= 0.6 is 0 Å². The maximum atomic E-state index is 13.4. The molecule has 2 aromatic carbocycles. The van der Waals surface area contributed by atoms with Gasteiger partial charge in [0.15, 0.2) is 0 Å². The molecule has 3 aromatic rings. The van der Waals surface area contributed by atoms with Gasteiger partial charge >= 0.3 is 6.18 Å². The molecule has 0 fully saturated rings. The number of imidazole rings is 1. The average Bonchev–Trinajstić information content (AvgIpc) is 3.00. The summed E-state index contributed by atoms with van der Waals surface area (Å²) in [5.41, 5.74) is -0.423. The molecule has 0 unspecified atom stereocenters. The summed E-state index contributed by atoms with van der Waals surface area (Å²) in [6, 6.07) is 10.4. The monoisotopic (exact) mass is 418 g/mol. The molecule has 1 amide bonds. The Balaban J connectivity index is 1.87. The van der Waals surface area contributed by atoms with Crippen LogP contribution in [0, 0.1) is 5.82 Å². The third-order valence-electron chi connectivity index (χ3n) is 4.85. The number of fused-ring (bicyclic) bond motifs is 1. The van der Waals surface area contributed by atoms with Crippen molar-refractivity contribution in [1.82, 2.24) is 14.9 Å². The molecule has 2 heterocycles. The molecule has 5 nitrogen and oxygen atoms in total. The van der Waals surface area contributed by atoms with Crippen molar-refractivity contribution in [3.63, 3.8) is 0 Å². The number of carbonyl (C=O) groups is 1. The van der Waals surface area contributed by atoms with Gasteiger partial charge in [-0.25, -0.2) is 9.37 Å². The van der Waals surface area contributed by atoms with Gasteiger partial charge in [0.1, 0.15) is 29.7 Å². The minimum atomic E-state index is -4.49. The lowest BCUT2D eigenvalue weighted by molar-refractivity contribution is -0.137. The maximum absolute atomic E-state index is 13.4. The van der Waals surface area contributed by atoms with Crippen LogP contribution < -0.4 is 10.6 Å². The number of halogens is 4. The van der Waals surface area contributed by atoms with E-state index in [-0.39, 0.29) is 18.1 Å². The minimum Gasteiger partial charge on any atom is -0.342 e. The van der Waals surface area contributed by atoms with Gasteiger partial charge in [0.25, 0.3) is 0 Å². The second-order valence-corrected chi connectivity index (χ2v) is 7.60. The maximum Gasteiger partial charge on any atom is 0.416 e. The van der Waals surface area contributed by atoms with Crippen LogP contribution in [0.2, 0.25) is 0 Å². The first-order chi connectivity index (χ1) is 14.0. The van der Waals surface area contributed by atoms with Crippen molar-refractivity contribution in [1.29, 1.82) is 0 Å². The van der Waals surface area contributed by atoms with Crippen molar-refractivity contribution >= 4 is 17.4 Å². The fourth-order valence-electron chi connectivity index (χ4n) is 3.52. The number of rotatable bonds is 3. The number of benzene rings is 2. The smallest absolute Gasteiger partial charge is 0.342 e. The zero-order valence-corrected chi connectivity index (χ0v) is 16.1. The number of alkyl halides is 3. The zero-order chi connectivity index (χ0) is 21.7. The van der Waals surface area contributed by atoms with Crippen LogP contribution in [0.1, 0.15) is 25.2 Å². The van der Waals surface area contributed by atoms with E-state index in [2.05, 4.69) is 15.6 Å². The summed E-state index contributed by atoms with van der Waals surface area (Å²) in [5.74, 6) is 0.227. The predicted octanol–water partition coefficient (Wildman–Crippen LogP) is 4.82. The zero-order valence-electron chi connectivity index (χ0n) is 16.1. The molecule has 0 radical (unpaired) electrons. The van der Waals surface area contributed by atoms with Gasteiger partial charge in [0, 0.05) is 11.3 Å². The van der Waals surface area contributed by atoms with Gasteiger partial charge in [-0.15, -0.1) is 0 Å². The Morgan fingerprint density at radius 1 is 1.13 bits per heavy atom. The summed E-state index contributed by atoms with van der Waals surface area (Å²) in [4.78, 5) is 16.9. The van der Waals surface area contributed by atoms with Crippen LogP contribution in [0.15, 0.2) is 48.5 Å². The van der Waals surface area contributed by atoms with E-state index in [9.17, 15) is 22.4 Å². The Labute approximate surface area is 169 Å². The minimum absolute atomic E-state index is 0.0474. The Kier molecular flexibility index (Phi) is 4.56. The third-order valence-corrected chi connectivity index (χ3v) is 4.85. The van der Waals surface area contributed by atoms with Gasteiger partial charge < -0.3 is 15.2 Å². The van der Waals surface area contributed by atoms with Gasteiger partial charge in [-0.3, -0.25) is 4.79 Å². The number of nitrogens with one attached hydrogen (secondary N) is 2. The summed E-state index contributed by atoms with van der Waals surface area (Å²) in [5, 5.41) is 5.84. The van der Waals surface area contributed by atoms with E-state index in [0.29, 0.717) is 22.9 Å². The van der Waals surface area contributed by atoms with E-state index >= 15 is 0 Å². The molecule has 0 bridgehead atoms. The SMILES string of the molecule is CC1(C)NC(=O)Cn2c1nc(-c1ccc(F)cc1)c2Nc1cccc(C(F)(F)F)c1. The lowest BCUT2D eigenvalue weighted by Crippen LogP contribution is -2.49. The van der Waals surface area contributed by atoms with E-state index < -0.39 is 23.1 Å². The van der Waals surface area contributed by atoms with E-state index in [4.69, 9.17) is 0 Å². The lowest BCUT2D eigenvalue weighted by atomic mass is 10.0. The van der Waals surface area contributed by atoms with Crippen molar-refractivity contribution < 1.29 is 22.4 Å². The molecule has 2 N–H and O–H groups in total. The number of hydrogen-bond donors (Lipinski definition) is 2. The van der Waals surface area contributed by atoms with Crippen molar-refractivity contribution in [2.75, 3.05) is 5.32 Å². The second-order valence-electron chi connectivity index (χ2n) is 7.60. The Hall–Kier alpha value is -3.36. The van der Waals surface area contributed by atoms with Crippen LogP contribution in [0.5, 0.6) is 0 Å². The van der Waals surface area contributed by atoms with Gasteiger partial charge in [0.2, 0.25) is 5.91 Å². The Morgan fingerprint density at radius 3 is 2.50 bits per heavy atom. The Bertz CT molecular complexity index is 1120. The number of anilines is 2. The average molecular weight is 418 g/mol. The highest BCUT2D eigenvalue weighted by Gasteiger charge is 2.36. The normalized spacial score (nSPS) is 15.5. The van der Waals surface area contributed by atoms with Crippen LogP contribution in [0.4, 0.5) is 29.1 Å². The van der Waals surface area contributed by atoms with Gasteiger partial charge in [0.05, 0.1) is 11.1 Å². The third kappa shape index (κ3) is 3.62. The molecule has 1 aromatic heterocycles. The van der Waals surface area contributed by atoms with Gasteiger partial charge in [-0.2, -0.15) is 13.2 Å². The first kappa shape index (κ1) is 19.9. The molecule has 1 aliphatic heterocycles. The molecule has 9 heteroatoms. The molecule has 4 rings (SSSR count). The molecule has 0 spiro atoms. The van der Waals surface area contributed by atoms with Crippen molar-refractivity contribution in [3.05, 3.63) is 65.7 Å². The van der Waals surface area contributed by atoms with Gasteiger partial charge in [-0.05, 0) is 56.3 Å². The molecule has 0 atom stereocenters. The summed E-state index contributed by atoms with van der Waals surface area (Å²) in [6.07, 6.45) is -4.49. The largest absolute Gasteiger partial charge is 0.416 e. The van der Waals surface area contributed by atoms with Crippen LogP contribution in [-0.4, -0.2) is 15.5 Å². The summed E-state index contributed by atoms with van der Waals surface area (Å²) < 4.78 is 54.4. The quantitative estimate of drug-likeness (QED) is 0.600. The number of nitrogens with zero attached hydrogens (tertiary/aromatic N) is 2. The molecule has 156 valence electrons. The summed E-state index contributed by atoms with van der Waals surface area (Å²) >= 11 is 0. The Morgan fingerprint density at radius 2 is 1.83 bits per heavy atom. The highest BCUT2D eigenvalue weighted by atomic mass is 19.4. The van der Waals surface area contributed by atoms with Crippen molar-refractivity contribution in [2.45, 2.75) is 32.1 Å². The molecular formula is C21H18F4N4O.